The van der Waals surface area contributed by atoms with Crippen LogP contribution in [0.3, 0.4) is 0 Å². The number of rotatable bonds is 11. The summed E-state index contributed by atoms with van der Waals surface area (Å²) in [5.41, 5.74) is 0.779. The lowest BCUT2D eigenvalue weighted by atomic mass is 10.1. The zero-order valence-corrected chi connectivity index (χ0v) is 17.9. The van der Waals surface area contributed by atoms with Crippen molar-refractivity contribution in [2.75, 3.05) is 6.61 Å². The molecule has 1 N–H and O–H groups in total. The van der Waals surface area contributed by atoms with E-state index >= 15 is 0 Å². The molecule has 1 atom stereocenters. The summed E-state index contributed by atoms with van der Waals surface area (Å²) in [6.45, 7) is 6.32. The predicted octanol–water partition coefficient (Wildman–Crippen LogP) is 4.32. The van der Waals surface area contributed by atoms with E-state index in [1.807, 2.05) is 51.1 Å². The molecule has 0 aromatic heterocycles. The lowest BCUT2D eigenvalue weighted by Crippen LogP contribution is -2.50. The first kappa shape index (κ1) is 23.4. The zero-order chi connectivity index (χ0) is 21.9. The summed E-state index contributed by atoms with van der Waals surface area (Å²) in [6.07, 6.45) is 1.29. The van der Waals surface area contributed by atoms with E-state index in [0.29, 0.717) is 19.4 Å². The van der Waals surface area contributed by atoms with Crippen LogP contribution in [0.2, 0.25) is 0 Å². The quantitative estimate of drug-likeness (QED) is 0.557. The molecule has 6 heteroatoms. The third-order valence-corrected chi connectivity index (χ3v) is 4.63. The molecule has 0 aliphatic rings. The van der Waals surface area contributed by atoms with Gasteiger partial charge in [0.1, 0.15) is 17.6 Å². The molecule has 0 saturated carbocycles. The molecule has 2 rings (SSSR count). The third-order valence-electron chi connectivity index (χ3n) is 4.63. The van der Waals surface area contributed by atoms with Crippen molar-refractivity contribution in [3.63, 3.8) is 0 Å². The van der Waals surface area contributed by atoms with Gasteiger partial charge < -0.3 is 15.0 Å². The lowest BCUT2D eigenvalue weighted by Gasteiger charge is -2.31. The highest BCUT2D eigenvalue weighted by Gasteiger charge is 2.28. The minimum Gasteiger partial charge on any atom is -0.494 e. The van der Waals surface area contributed by atoms with E-state index in [0.717, 1.165) is 11.3 Å². The third kappa shape index (κ3) is 7.50. The van der Waals surface area contributed by atoms with E-state index < -0.39 is 6.04 Å². The molecule has 30 heavy (non-hydrogen) atoms. The fourth-order valence-corrected chi connectivity index (χ4v) is 3.16. The fraction of sp³-hybridized carbons (Fsp3) is 0.417. The highest BCUT2D eigenvalue weighted by molar-refractivity contribution is 5.87. The highest BCUT2D eigenvalue weighted by Crippen LogP contribution is 2.16. The maximum absolute atomic E-state index is 13.3. The number of nitrogens with zero attached hydrogens (tertiary/aromatic N) is 1. The Morgan fingerprint density at radius 2 is 1.73 bits per heavy atom. The minimum absolute atomic E-state index is 0.0198. The second-order valence-corrected chi connectivity index (χ2v) is 7.50. The van der Waals surface area contributed by atoms with E-state index in [4.69, 9.17) is 4.74 Å². The number of nitrogens with one attached hydrogen (secondary N) is 1. The molecule has 2 aromatic rings. The van der Waals surface area contributed by atoms with Crippen LogP contribution in [-0.2, 0) is 16.1 Å². The van der Waals surface area contributed by atoms with Crippen molar-refractivity contribution in [1.82, 2.24) is 10.2 Å². The van der Waals surface area contributed by atoms with Gasteiger partial charge in [0, 0.05) is 19.0 Å². The number of para-hydroxylation sites is 1. The molecular weight excluding hydrogens is 383 g/mol. The van der Waals surface area contributed by atoms with Crippen molar-refractivity contribution in [2.45, 2.75) is 58.7 Å². The Morgan fingerprint density at radius 3 is 2.33 bits per heavy atom. The van der Waals surface area contributed by atoms with Crippen LogP contribution < -0.4 is 10.1 Å². The van der Waals surface area contributed by atoms with Gasteiger partial charge in [0.05, 0.1) is 6.61 Å². The summed E-state index contributed by atoms with van der Waals surface area (Å²) >= 11 is 0. The first-order chi connectivity index (χ1) is 14.4. The number of ether oxygens (including phenoxy) is 1. The van der Waals surface area contributed by atoms with Gasteiger partial charge in [-0.2, -0.15) is 0 Å². The second kappa shape index (κ2) is 12.0. The van der Waals surface area contributed by atoms with Gasteiger partial charge in [-0.1, -0.05) is 37.3 Å². The molecule has 0 fully saturated rings. The molecule has 0 heterocycles. The fourth-order valence-electron chi connectivity index (χ4n) is 3.16. The second-order valence-electron chi connectivity index (χ2n) is 7.50. The van der Waals surface area contributed by atoms with Crippen LogP contribution in [0.1, 0.15) is 45.6 Å². The van der Waals surface area contributed by atoms with Crippen LogP contribution in [0.5, 0.6) is 5.75 Å². The molecule has 2 aromatic carbocycles. The summed E-state index contributed by atoms with van der Waals surface area (Å²) in [5, 5.41) is 2.90. The van der Waals surface area contributed by atoms with Gasteiger partial charge in [-0.25, -0.2) is 4.39 Å². The maximum atomic E-state index is 13.3. The highest BCUT2D eigenvalue weighted by atomic mass is 19.1. The summed E-state index contributed by atoms with van der Waals surface area (Å²) in [6, 6.07) is 14.8. The monoisotopic (exact) mass is 414 g/mol. The van der Waals surface area contributed by atoms with E-state index in [1.54, 1.807) is 17.0 Å². The number of hydrogen-bond donors (Lipinski definition) is 1. The molecule has 162 valence electrons. The molecule has 0 spiro atoms. The molecule has 5 nitrogen and oxygen atoms in total. The molecule has 0 saturated heterocycles. The molecule has 2 amide bonds. The Kier molecular flexibility index (Phi) is 9.32. The van der Waals surface area contributed by atoms with Crippen LogP contribution in [0, 0.1) is 5.82 Å². The average Bonchev–Trinajstić information content (AvgIpc) is 2.72. The van der Waals surface area contributed by atoms with E-state index in [2.05, 4.69) is 5.32 Å². The van der Waals surface area contributed by atoms with Gasteiger partial charge in [-0.05, 0) is 56.5 Å². The molecule has 0 bridgehead atoms. The molecular formula is C24H31FN2O3. The number of amides is 2. The van der Waals surface area contributed by atoms with Crippen molar-refractivity contribution in [3.05, 3.63) is 66.0 Å². The van der Waals surface area contributed by atoms with Crippen molar-refractivity contribution >= 4 is 11.8 Å². The van der Waals surface area contributed by atoms with Crippen molar-refractivity contribution in [3.8, 4) is 5.75 Å². The van der Waals surface area contributed by atoms with Gasteiger partial charge in [-0.15, -0.1) is 0 Å². The summed E-state index contributed by atoms with van der Waals surface area (Å²) in [4.78, 5) is 27.3. The summed E-state index contributed by atoms with van der Waals surface area (Å²) in [5.74, 6) is 0.125. The van der Waals surface area contributed by atoms with Crippen LogP contribution in [0.15, 0.2) is 54.6 Å². The lowest BCUT2D eigenvalue weighted by molar-refractivity contribution is -0.141. The van der Waals surface area contributed by atoms with Gasteiger partial charge in [0.2, 0.25) is 11.8 Å². The number of halogens is 1. The Hall–Kier alpha value is -2.89. The normalized spacial score (nSPS) is 11.8. The SMILES string of the molecule is CCC(C(=O)NC(C)C)N(Cc1ccc(F)cc1)C(=O)CCCOc1ccccc1. The largest absolute Gasteiger partial charge is 0.494 e. The Labute approximate surface area is 178 Å². The first-order valence-electron chi connectivity index (χ1n) is 10.4. The van der Waals surface area contributed by atoms with Crippen LogP contribution in [0.4, 0.5) is 4.39 Å². The van der Waals surface area contributed by atoms with Crippen molar-refractivity contribution in [2.24, 2.45) is 0 Å². The van der Waals surface area contributed by atoms with Gasteiger partial charge in [0.25, 0.3) is 0 Å². The van der Waals surface area contributed by atoms with Crippen LogP contribution >= 0.6 is 0 Å². The number of hydrogen-bond acceptors (Lipinski definition) is 3. The number of carbonyl (C=O) groups is 2. The Morgan fingerprint density at radius 1 is 1.07 bits per heavy atom. The number of carbonyl (C=O) groups excluding carboxylic acids is 2. The van der Waals surface area contributed by atoms with Crippen molar-refractivity contribution < 1.29 is 18.7 Å². The standard InChI is InChI=1S/C24H31FN2O3/c1-4-22(24(29)26-18(2)3)27(17-19-12-14-20(25)15-13-19)23(28)11-8-16-30-21-9-6-5-7-10-21/h5-7,9-10,12-15,18,22H,4,8,11,16-17H2,1-3H3,(H,26,29). The van der Waals surface area contributed by atoms with Crippen molar-refractivity contribution in [1.29, 1.82) is 0 Å². The van der Waals surface area contributed by atoms with Gasteiger partial charge >= 0.3 is 0 Å². The molecule has 0 aliphatic carbocycles. The first-order valence-corrected chi connectivity index (χ1v) is 10.4. The summed E-state index contributed by atoms with van der Waals surface area (Å²) < 4.78 is 18.9. The van der Waals surface area contributed by atoms with Crippen LogP contribution in [0.25, 0.3) is 0 Å². The van der Waals surface area contributed by atoms with E-state index in [-0.39, 0.29) is 36.6 Å². The minimum atomic E-state index is -0.583. The topological polar surface area (TPSA) is 58.6 Å². The van der Waals surface area contributed by atoms with E-state index in [9.17, 15) is 14.0 Å². The van der Waals surface area contributed by atoms with Gasteiger partial charge in [0.15, 0.2) is 0 Å². The van der Waals surface area contributed by atoms with Crippen LogP contribution in [-0.4, -0.2) is 35.4 Å². The number of benzene rings is 2. The van der Waals surface area contributed by atoms with E-state index in [1.165, 1.54) is 12.1 Å². The predicted molar refractivity (Wildman–Crippen MR) is 115 cm³/mol. The van der Waals surface area contributed by atoms with Gasteiger partial charge in [-0.3, -0.25) is 9.59 Å². The zero-order valence-electron chi connectivity index (χ0n) is 17.9. The molecule has 1 unspecified atom stereocenters. The maximum Gasteiger partial charge on any atom is 0.243 e. The Bertz CT molecular complexity index is 794. The molecule has 0 aliphatic heterocycles. The summed E-state index contributed by atoms with van der Waals surface area (Å²) in [7, 11) is 0. The smallest absolute Gasteiger partial charge is 0.243 e. The molecule has 0 radical (unpaired) electrons. The Balaban J connectivity index is 2.05. The average molecular weight is 415 g/mol.